The van der Waals surface area contributed by atoms with Crippen molar-refractivity contribution in [3.8, 4) is 0 Å². The van der Waals surface area contributed by atoms with Gasteiger partial charge in [-0.1, -0.05) is 0 Å². The van der Waals surface area contributed by atoms with E-state index < -0.39 is 23.7 Å². The van der Waals surface area contributed by atoms with Crippen molar-refractivity contribution in [3.63, 3.8) is 0 Å². The topological polar surface area (TPSA) is 66.8 Å². The highest BCUT2D eigenvalue weighted by atomic mass is 32.2. The van der Waals surface area contributed by atoms with Crippen LogP contribution >= 0.6 is 11.8 Å². The maximum atomic E-state index is 11.7. The largest absolute Gasteiger partial charge is 0.480 e. The molecule has 0 saturated heterocycles. The Balaban J connectivity index is 4.55. The average Bonchev–Trinajstić information content (AvgIpc) is 2.14. The fourth-order valence-electron chi connectivity index (χ4n) is 1.17. The lowest BCUT2D eigenvalue weighted by molar-refractivity contribution is -0.142. The van der Waals surface area contributed by atoms with Crippen molar-refractivity contribution in [3.05, 3.63) is 0 Å². The summed E-state index contributed by atoms with van der Waals surface area (Å²) in [5, 5.41) is 9.06. The van der Waals surface area contributed by atoms with Crippen molar-refractivity contribution < 1.29 is 19.4 Å². The Morgan fingerprint density at radius 2 is 1.94 bits per heavy atom. The van der Waals surface area contributed by atoms with Gasteiger partial charge < -0.3 is 9.84 Å². The molecule has 5 nitrogen and oxygen atoms in total. The fraction of sp³-hybridized carbons (Fsp3) is 0.818. The van der Waals surface area contributed by atoms with Crippen molar-refractivity contribution in [2.75, 3.05) is 19.1 Å². The van der Waals surface area contributed by atoms with Gasteiger partial charge in [0.1, 0.15) is 11.6 Å². The lowest BCUT2D eigenvalue weighted by Gasteiger charge is -2.28. The monoisotopic (exact) mass is 263 g/mol. The third-order valence-corrected chi connectivity index (χ3v) is 2.67. The molecule has 0 bridgehead atoms. The van der Waals surface area contributed by atoms with Crippen LogP contribution in [0.25, 0.3) is 0 Å². The highest BCUT2D eigenvalue weighted by Crippen LogP contribution is 2.13. The Labute approximate surface area is 107 Å². The van der Waals surface area contributed by atoms with Crippen molar-refractivity contribution >= 4 is 23.8 Å². The predicted octanol–water partition coefficient (Wildman–Crippen LogP) is 2.06. The molecule has 0 aliphatic heterocycles. The molecule has 0 fully saturated rings. The first kappa shape index (κ1) is 16.1. The number of amides is 1. The highest BCUT2D eigenvalue weighted by Gasteiger charge is 2.29. The quantitative estimate of drug-likeness (QED) is 0.822. The summed E-state index contributed by atoms with van der Waals surface area (Å²) in [6.07, 6.45) is 1.70. The second-order valence-corrected chi connectivity index (χ2v) is 5.71. The molecular formula is C11H21NO4S. The number of hydrogen-bond donors (Lipinski definition) is 1. The number of ether oxygens (including phenoxy) is 1. The van der Waals surface area contributed by atoms with Crippen LogP contribution in [0, 0.1) is 0 Å². The molecule has 0 aliphatic carbocycles. The van der Waals surface area contributed by atoms with Gasteiger partial charge in [-0.15, -0.1) is 0 Å². The molecule has 1 amide bonds. The molecular weight excluding hydrogens is 242 g/mol. The molecule has 0 rings (SSSR count). The zero-order valence-corrected chi connectivity index (χ0v) is 11.8. The lowest BCUT2D eigenvalue weighted by Crippen LogP contribution is -2.45. The van der Waals surface area contributed by atoms with E-state index in [1.165, 1.54) is 7.05 Å². The van der Waals surface area contributed by atoms with Crippen molar-refractivity contribution in [1.82, 2.24) is 4.90 Å². The minimum absolute atomic E-state index is 0.409. The first-order chi connectivity index (χ1) is 7.69. The number of hydrogen-bond acceptors (Lipinski definition) is 4. The van der Waals surface area contributed by atoms with Gasteiger partial charge in [0.15, 0.2) is 0 Å². The Bertz CT molecular complexity index is 275. The van der Waals surface area contributed by atoms with E-state index in [1.807, 2.05) is 6.26 Å². The van der Waals surface area contributed by atoms with Gasteiger partial charge >= 0.3 is 12.1 Å². The van der Waals surface area contributed by atoms with Crippen LogP contribution in [0.3, 0.4) is 0 Å². The highest BCUT2D eigenvalue weighted by molar-refractivity contribution is 7.98. The maximum absolute atomic E-state index is 11.7. The molecule has 0 heterocycles. The second-order valence-electron chi connectivity index (χ2n) is 4.73. The van der Waals surface area contributed by atoms with Crippen LogP contribution < -0.4 is 0 Å². The maximum Gasteiger partial charge on any atom is 0.410 e. The van der Waals surface area contributed by atoms with Crippen LogP contribution in [0.2, 0.25) is 0 Å². The van der Waals surface area contributed by atoms with E-state index in [1.54, 1.807) is 32.5 Å². The third kappa shape index (κ3) is 6.41. The molecule has 6 heteroatoms. The standard InChI is InChI=1S/C11H21NO4S/c1-11(2,3)16-10(15)12(4)8(9(13)14)6-7-17-5/h8H,6-7H2,1-5H3,(H,13,14). The smallest absolute Gasteiger partial charge is 0.410 e. The number of likely N-dealkylation sites (N-methyl/N-ethyl adjacent to an activating group) is 1. The first-order valence-electron chi connectivity index (χ1n) is 5.36. The number of nitrogens with zero attached hydrogens (tertiary/aromatic N) is 1. The normalized spacial score (nSPS) is 13.0. The number of thioether (sulfide) groups is 1. The molecule has 0 aromatic heterocycles. The van der Waals surface area contributed by atoms with E-state index in [-0.39, 0.29) is 0 Å². The predicted molar refractivity (Wildman–Crippen MR) is 68.4 cm³/mol. The Morgan fingerprint density at radius 1 is 1.41 bits per heavy atom. The number of carbonyl (C=O) groups is 2. The van der Waals surface area contributed by atoms with E-state index in [2.05, 4.69) is 0 Å². The Morgan fingerprint density at radius 3 is 2.29 bits per heavy atom. The molecule has 1 unspecified atom stereocenters. The number of rotatable bonds is 5. The summed E-state index contributed by atoms with van der Waals surface area (Å²) in [7, 11) is 1.45. The van der Waals surface area contributed by atoms with Gasteiger partial charge in [-0.25, -0.2) is 9.59 Å². The summed E-state index contributed by atoms with van der Waals surface area (Å²) in [6, 6.07) is -0.836. The van der Waals surface area contributed by atoms with Crippen molar-refractivity contribution in [2.24, 2.45) is 0 Å². The van der Waals surface area contributed by atoms with Crippen molar-refractivity contribution in [2.45, 2.75) is 38.8 Å². The molecule has 1 N–H and O–H groups in total. The number of carboxylic acid groups (broad SMARTS) is 1. The molecule has 1 atom stereocenters. The zero-order chi connectivity index (χ0) is 13.6. The third-order valence-electron chi connectivity index (χ3n) is 2.03. The summed E-state index contributed by atoms with van der Waals surface area (Å²) >= 11 is 1.55. The first-order valence-corrected chi connectivity index (χ1v) is 6.76. The lowest BCUT2D eigenvalue weighted by atomic mass is 10.2. The minimum Gasteiger partial charge on any atom is -0.480 e. The van der Waals surface area contributed by atoms with Gasteiger partial charge in [0.05, 0.1) is 0 Å². The van der Waals surface area contributed by atoms with E-state index >= 15 is 0 Å². The van der Waals surface area contributed by atoms with Crippen LogP contribution in [0.1, 0.15) is 27.2 Å². The van der Waals surface area contributed by atoms with Gasteiger partial charge in [-0.2, -0.15) is 11.8 Å². The number of carboxylic acids is 1. The fourth-order valence-corrected chi connectivity index (χ4v) is 1.63. The summed E-state index contributed by atoms with van der Waals surface area (Å²) in [4.78, 5) is 23.9. The van der Waals surface area contributed by atoms with Crippen LogP contribution in [-0.2, 0) is 9.53 Å². The van der Waals surface area contributed by atoms with Crippen LogP contribution in [0.5, 0.6) is 0 Å². The van der Waals surface area contributed by atoms with Crippen LogP contribution in [-0.4, -0.2) is 52.8 Å². The molecule has 0 radical (unpaired) electrons. The zero-order valence-electron chi connectivity index (χ0n) is 11.0. The Hall–Kier alpha value is -0.910. The van der Waals surface area contributed by atoms with E-state index in [9.17, 15) is 9.59 Å². The summed E-state index contributed by atoms with van der Waals surface area (Å²) < 4.78 is 5.13. The molecule has 0 spiro atoms. The molecule has 17 heavy (non-hydrogen) atoms. The van der Waals surface area contributed by atoms with E-state index in [0.717, 1.165) is 4.90 Å². The van der Waals surface area contributed by atoms with Gasteiger partial charge in [0, 0.05) is 7.05 Å². The molecule has 100 valence electrons. The van der Waals surface area contributed by atoms with Gasteiger partial charge in [0.25, 0.3) is 0 Å². The molecule has 0 saturated carbocycles. The van der Waals surface area contributed by atoms with Gasteiger partial charge in [0.2, 0.25) is 0 Å². The second kappa shape index (κ2) is 6.74. The number of aliphatic carboxylic acids is 1. The summed E-state index contributed by atoms with van der Waals surface area (Å²) in [5.41, 5.74) is -0.617. The van der Waals surface area contributed by atoms with Crippen LogP contribution in [0.15, 0.2) is 0 Å². The van der Waals surface area contributed by atoms with Crippen molar-refractivity contribution in [1.29, 1.82) is 0 Å². The summed E-state index contributed by atoms with van der Waals surface area (Å²) in [5.74, 6) is -0.322. The minimum atomic E-state index is -1.01. The molecule has 0 aromatic carbocycles. The summed E-state index contributed by atoms with van der Waals surface area (Å²) in [6.45, 7) is 5.24. The van der Waals surface area contributed by atoms with E-state index in [0.29, 0.717) is 12.2 Å². The van der Waals surface area contributed by atoms with Gasteiger partial charge in [-0.05, 0) is 39.2 Å². The Kier molecular flexibility index (Phi) is 6.37. The van der Waals surface area contributed by atoms with Crippen LogP contribution in [0.4, 0.5) is 4.79 Å². The molecule has 0 aromatic rings. The molecule has 0 aliphatic rings. The number of carbonyl (C=O) groups excluding carboxylic acids is 1. The average molecular weight is 263 g/mol. The van der Waals surface area contributed by atoms with Gasteiger partial charge in [-0.3, -0.25) is 4.90 Å². The van der Waals surface area contributed by atoms with E-state index in [4.69, 9.17) is 9.84 Å². The SMILES string of the molecule is CSCCC(C(=O)O)N(C)C(=O)OC(C)(C)C.